The van der Waals surface area contributed by atoms with Gasteiger partial charge in [0.05, 0.1) is 19.8 Å². The Morgan fingerprint density at radius 3 is 2.38 bits per heavy atom. The maximum Gasteiger partial charge on any atom is 0.256 e. The molecule has 0 saturated heterocycles. The number of nitrogens with one attached hydrogen (secondary N) is 2. The summed E-state index contributed by atoms with van der Waals surface area (Å²) in [6.45, 7) is 8.30. The monoisotopic (exact) mass is 417 g/mol. The van der Waals surface area contributed by atoms with Crippen LogP contribution in [0.3, 0.4) is 0 Å². The Morgan fingerprint density at radius 1 is 1.14 bits per heavy atom. The van der Waals surface area contributed by atoms with Crippen molar-refractivity contribution in [3.63, 3.8) is 0 Å². The molecule has 3 rings (SSSR count). The Hall–Kier alpha value is -2.58. The summed E-state index contributed by atoms with van der Waals surface area (Å²) in [7, 11) is 3.04. The standard InChI is InChI=1S/C21H27N3O4S/c1-20(2)10-12-15(17(22)25)19(29-16(12)21(3,4)24-20)23-18(26)11-7-8-13(27-5)14(9-11)28-6/h7-9,24H,10H2,1-6H3,(H2,22,25)(H,23,26). The highest BCUT2D eigenvalue weighted by atomic mass is 32.1. The second kappa shape index (κ2) is 7.35. The second-order valence-electron chi connectivity index (χ2n) is 8.31. The number of hydrogen-bond donors (Lipinski definition) is 3. The van der Waals surface area contributed by atoms with Gasteiger partial charge in [-0.15, -0.1) is 11.3 Å². The van der Waals surface area contributed by atoms with Crippen molar-refractivity contribution in [3.8, 4) is 11.5 Å². The molecule has 1 aliphatic rings. The topological polar surface area (TPSA) is 103 Å². The van der Waals surface area contributed by atoms with E-state index in [9.17, 15) is 9.59 Å². The Morgan fingerprint density at radius 2 is 1.79 bits per heavy atom. The van der Waals surface area contributed by atoms with Crippen LogP contribution in [0.15, 0.2) is 18.2 Å². The number of ether oxygens (including phenoxy) is 2. The lowest BCUT2D eigenvalue weighted by molar-refractivity contribution is 0.0999. The minimum Gasteiger partial charge on any atom is -0.493 e. The summed E-state index contributed by atoms with van der Waals surface area (Å²) >= 11 is 1.39. The van der Waals surface area contributed by atoms with Gasteiger partial charge >= 0.3 is 0 Å². The third kappa shape index (κ3) is 3.95. The summed E-state index contributed by atoms with van der Waals surface area (Å²) in [4.78, 5) is 26.2. The number of primary amides is 1. The van der Waals surface area contributed by atoms with E-state index in [0.717, 1.165) is 10.4 Å². The predicted molar refractivity (Wildman–Crippen MR) is 114 cm³/mol. The van der Waals surface area contributed by atoms with Gasteiger partial charge in [-0.2, -0.15) is 0 Å². The largest absolute Gasteiger partial charge is 0.493 e. The average molecular weight is 418 g/mol. The van der Waals surface area contributed by atoms with Gasteiger partial charge in [0.1, 0.15) is 5.00 Å². The molecule has 1 aromatic carbocycles. The van der Waals surface area contributed by atoms with Crippen LogP contribution in [0.4, 0.5) is 5.00 Å². The number of nitrogens with two attached hydrogens (primary N) is 1. The van der Waals surface area contributed by atoms with Crippen LogP contribution in [0.5, 0.6) is 11.5 Å². The number of thiophene rings is 1. The molecular formula is C21H27N3O4S. The maximum atomic E-state index is 12.9. The molecule has 0 aliphatic carbocycles. The number of hydrogen-bond acceptors (Lipinski definition) is 6. The molecule has 0 fully saturated rings. The van der Waals surface area contributed by atoms with Crippen LogP contribution in [-0.4, -0.2) is 31.6 Å². The van der Waals surface area contributed by atoms with Gasteiger partial charge in [-0.1, -0.05) is 0 Å². The fourth-order valence-electron chi connectivity index (χ4n) is 4.03. The maximum absolute atomic E-state index is 12.9. The zero-order chi connectivity index (χ0) is 21.6. The normalized spacial score (nSPS) is 16.6. The predicted octanol–water partition coefficient (Wildman–Crippen LogP) is 3.28. The smallest absolute Gasteiger partial charge is 0.256 e. The van der Waals surface area contributed by atoms with Crippen molar-refractivity contribution in [2.24, 2.45) is 5.73 Å². The molecule has 1 aliphatic heterocycles. The van der Waals surface area contributed by atoms with Gasteiger partial charge in [0, 0.05) is 21.5 Å². The lowest BCUT2D eigenvalue weighted by atomic mass is 9.81. The molecule has 1 aromatic heterocycles. The Labute approximate surface area is 174 Å². The van der Waals surface area contributed by atoms with E-state index in [1.165, 1.54) is 25.6 Å². The molecule has 4 N–H and O–H groups in total. The molecule has 29 heavy (non-hydrogen) atoms. The van der Waals surface area contributed by atoms with E-state index in [1.807, 2.05) is 0 Å². The highest BCUT2D eigenvalue weighted by molar-refractivity contribution is 7.17. The zero-order valence-electron chi connectivity index (χ0n) is 17.6. The first-order valence-corrected chi connectivity index (χ1v) is 10.1. The molecule has 0 spiro atoms. The number of fused-ring (bicyclic) bond motifs is 1. The quantitative estimate of drug-likeness (QED) is 0.693. The summed E-state index contributed by atoms with van der Waals surface area (Å²) in [5, 5.41) is 6.94. The van der Waals surface area contributed by atoms with E-state index >= 15 is 0 Å². The molecule has 2 amide bonds. The van der Waals surface area contributed by atoms with Gasteiger partial charge in [-0.05, 0) is 57.9 Å². The van der Waals surface area contributed by atoms with Crippen LogP contribution in [0, 0.1) is 0 Å². The van der Waals surface area contributed by atoms with Gasteiger partial charge in [-0.25, -0.2) is 0 Å². The first-order valence-electron chi connectivity index (χ1n) is 9.28. The molecule has 0 unspecified atom stereocenters. The highest BCUT2D eigenvalue weighted by Gasteiger charge is 2.41. The van der Waals surface area contributed by atoms with Crippen molar-refractivity contribution >= 4 is 28.2 Å². The Kier molecular flexibility index (Phi) is 5.36. The van der Waals surface area contributed by atoms with Crippen LogP contribution >= 0.6 is 11.3 Å². The Balaban J connectivity index is 2.01. The van der Waals surface area contributed by atoms with E-state index < -0.39 is 5.91 Å². The van der Waals surface area contributed by atoms with Crippen LogP contribution in [0.25, 0.3) is 0 Å². The van der Waals surface area contributed by atoms with E-state index in [1.54, 1.807) is 18.2 Å². The van der Waals surface area contributed by atoms with Crippen LogP contribution in [0.2, 0.25) is 0 Å². The highest BCUT2D eigenvalue weighted by Crippen LogP contribution is 2.45. The van der Waals surface area contributed by atoms with Crippen molar-refractivity contribution in [1.82, 2.24) is 5.32 Å². The van der Waals surface area contributed by atoms with E-state index in [2.05, 4.69) is 38.3 Å². The van der Waals surface area contributed by atoms with Gasteiger partial charge in [-0.3, -0.25) is 9.59 Å². The molecule has 156 valence electrons. The lowest BCUT2D eigenvalue weighted by Crippen LogP contribution is -2.55. The van der Waals surface area contributed by atoms with Gasteiger partial charge < -0.3 is 25.8 Å². The molecule has 2 heterocycles. The zero-order valence-corrected chi connectivity index (χ0v) is 18.4. The fraction of sp³-hybridized carbons (Fsp3) is 0.429. The van der Waals surface area contributed by atoms with E-state index in [-0.39, 0.29) is 17.0 Å². The van der Waals surface area contributed by atoms with Gasteiger partial charge in [0.25, 0.3) is 11.8 Å². The van der Waals surface area contributed by atoms with E-state index in [0.29, 0.717) is 34.0 Å². The SMILES string of the molecule is COc1ccc(C(=O)Nc2sc3c(c2C(N)=O)CC(C)(C)NC3(C)C)cc1OC. The molecular weight excluding hydrogens is 390 g/mol. The number of methoxy groups -OCH3 is 2. The van der Waals surface area contributed by atoms with Crippen molar-refractivity contribution in [1.29, 1.82) is 0 Å². The van der Waals surface area contributed by atoms with Gasteiger partial charge in [0.15, 0.2) is 11.5 Å². The first kappa shape index (κ1) is 21.1. The van der Waals surface area contributed by atoms with Crippen molar-refractivity contribution in [2.75, 3.05) is 19.5 Å². The number of benzene rings is 1. The summed E-state index contributed by atoms with van der Waals surface area (Å²) in [6, 6.07) is 4.90. The average Bonchev–Trinajstić information content (AvgIpc) is 2.98. The molecule has 2 aromatic rings. The number of anilines is 1. The Bertz CT molecular complexity index is 979. The molecule has 0 atom stereocenters. The number of amides is 2. The van der Waals surface area contributed by atoms with Crippen LogP contribution in [0.1, 0.15) is 58.9 Å². The van der Waals surface area contributed by atoms with Crippen LogP contribution in [-0.2, 0) is 12.0 Å². The van der Waals surface area contributed by atoms with Crippen molar-refractivity contribution < 1.29 is 19.1 Å². The van der Waals surface area contributed by atoms with Crippen molar-refractivity contribution in [2.45, 2.75) is 45.2 Å². The third-order valence-electron chi connectivity index (χ3n) is 4.96. The summed E-state index contributed by atoms with van der Waals surface area (Å²) in [5.41, 5.74) is 6.85. The van der Waals surface area contributed by atoms with E-state index in [4.69, 9.17) is 15.2 Å². The van der Waals surface area contributed by atoms with Crippen LogP contribution < -0.4 is 25.8 Å². The molecule has 7 nitrogen and oxygen atoms in total. The fourth-order valence-corrected chi connectivity index (χ4v) is 5.31. The third-order valence-corrected chi connectivity index (χ3v) is 6.43. The second-order valence-corrected chi connectivity index (χ2v) is 9.33. The number of carbonyl (C=O) groups excluding carboxylic acids is 2. The lowest BCUT2D eigenvalue weighted by Gasteiger charge is -2.42. The molecule has 0 radical (unpaired) electrons. The minimum absolute atomic E-state index is 0.202. The van der Waals surface area contributed by atoms with Crippen molar-refractivity contribution in [3.05, 3.63) is 39.8 Å². The van der Waals surface area contributed by atoms with Gasteiger partial charge in [0.2, 0.25) is 0 Å². The summed E-state index contributed by atoms with van der Waals surface area (Å²) in [6.07, 6.45) is 0.646. The molecule has 0 saturated carbocycles. The number of rotatable bonds is 5. The summed E-state index contributed by atoms with van der Waals surface area (Å²) < 4.78 is 10.5. The first-order chi connectivity index (χ1) is 13.5. The molecule has 8 heteroatoms. The number of carbonyl (C=O) groups is 2. The minimum atomic E-state index is -0.543. The molecule has 0 bridgehead atoms. The summed E-state index contributed by atoms with van der Waals surface area (Å²) in [5.74, 6) is 0.0898.